The Hall–Kier alpha value is -2.51. The standard InChI is InChI=1S/C18H25N7O/c26-18(23-7-3-1-2-4-8-23)15-6-5-9-24(11-15)16-10-17(21-13-20-16)25-14-19-12-22-25/h10,12-15H,1-9,11H2. The first-order valence-electron chi connectivity index (χ1n) is 9.52. The van der Waals surface area contributed by atoms with Crippen LogP contribution in [0.5, 0.6) is 0 Å². The molecule has 0 bridgehead atoms. The van der Waals surface area contributed by atoms with Crippen molar-refractivity contribution in [3.05, 3.63) is 25.0 Å². The Morgan fingerprint density at radius 3 is 2.54 bits per heavy atom. The molecule has 1 atom stereocenters. The second-order valence-electron chi connectivity index (χ2n) is 7.10. The Morgan fingerprint density at radius 2 is 1.77 bits per heavy atom. The summed E-state index contributed by atoms with van der Waals surface area (Å²) in [4.78, 5) is 29.9. The molecule has 138 valence electrons. The molecule has 26 heavy (non-hydrogen) atoms. The van der Waals surface area contributed by atoms with Crippen molar-refractivity contribution in [2.24, 2.45) is 5.92 Å². The van der Waals surface area contributed by atoms with Gasteiger partial charge < -0.3 is 9.80 Å². The van der Waals surface area contributed by atoms with Crippen molar-refractivity contribution in [3.8, 4) is 5.82 Å². The molecule has 0 N–H and O–H groups in total. The molecular formula is C18H25N7O. The van der Waals surface area contributed by atoms with Gasteiger partial charge in [0, 0.05) is 32.2 Å². The molecule has 0 radical (unpaired) electrons. The average molecular weight is 355 g/mol. The molecule has 0 saturated carbocycles. The van der Waals surface area contributed by atoms with Crippen LogP contribution in [0, 0.1) is 5.92 Å². The minimum Gasteiger partial charge on any atom is -0.356 e. The van der Waals surface area contributed by atoms with Gasteiger partial charge in [-0.1, -0.05) is 12.8 Å². The molecule has 0 aliphatic carbocycles. The summed E-state index contributed by atoms with van der Waals surface area (Å²) in [5.41, 5.74) is 0. The maximum atomic E-state index is 13.0. The van der Waals surface area contributed by atoms with Gasteiger partial charge in [0.25, 0.3) is 0 Å². The number of hydrogen-bond acceptors (Lipinski definition) is 6. The Balaban J connectivity index is 1.46. The summed E-state index contributed by atoms with van der Waals surface area (Å²) in [5.74, 6) is 1.92. The lowest BCUT2D eigenvalue weighted by molar-refractivity contribution is -0.135. The Bertz CT molecular complexity index is 725. The number of hydrogen-bond donors (Lipinski definition) is 0. The van der Waals surface area contributed by atoms with E-state index in [-0.39, 0.29) is 5.92 Å². The molecule has 2 aliphatic rings. The van der Waals surface area contributed by atoms with Crippen LogP contribution in [0.1, 0.15) is 38.5 Å². The lowest BCUT2D eigenvalue weighted by Crippen LogP contribution is -2.45. The number of rotatable bonds is 3. The molecule has 8 nitrogen and oxygen atoms in total. The largest absolute Gasteiger partial charge is 0.356 e. The number of carbonyl (C=O) groups excluding carboxylic acids is 1. The third kappa shape index (κ3) is 3.68. The first-order chi connectivity index (χ1) is 12.8. The van der Waals surface area contributed by atoms with E-state index < -0.39 is 0 Å². The molecule has 2 fully saturated rings. The van der Waals surface area contributed by atoms with E-state index in [0.717, 1.165) is 57.7 Å². The van der Waals surface area contributed by atoms with Crippen LogP contribution in [0.3, 0.4) is 0 Å². The molecule has 1 amide bonds. The monoisotopic (exact) mass is 355 g/mol. The van der Waals surface area contributed by atoms with Gasteiger partial charge in [0.05, 0.1) is 5.92 Å². The third-order valence-electron chi connectivity index (χ3n) is 5.30. The van der Waals surface area contributed by atoms with Gasteiger partial charge in [0.15, 0.2) is 5.82 Å². The number of anilines is 1. The van der Waals surface area contributed by atoms with Gasteiger partial charge >= 0.3 is 0 Å². The average Bonchev–Trinajstić information content (AvgIpc) is 3.10. The zero-order valence-corrected chi connectivity index (χ0v) is 15.0. The molecule has 4 heterocycles. The van der Waals surface area contributed by atoms with Crippen molar-refractivity contribution in [2.75, 3.05) is 31.1 Å². The van der Waals surface area contributed by atoms with Crippen molar-refractivity contribution in [3.63, 3.8) is 0 Å². The normalized spacial score (nSPS) is 21.5. The summed E-state index contributed by atoms with van der Waals surface area (Å²) in [6.07, 6.45) is 11.4. The number of nitrogens with zero attached hydrogens (tertiary/aromatic N) is 7. The van der Waals surface area contributed by atoms with Crippen LogP contribution in [0.15, 0.2) is 25.0 Å². The van der Waals surface area contributed by atoms with E-state index in [9.17, 15) is 4.79 Å². The molecule has 2 aromatic heterocycles. The van der Waals surface area contributed by atoms with Crippen LogP contribution in [-0.4, -0.2) is 61.7 Å². The Morgan fingerprint density at radius 1 is 0.962 bits per heavy atom. The fourth-order valence-corrected chi connectivity index (χ4v) is 3.90. The van der Waals surface area contributed by atoms with Gasteiger partial charge in [0.2, 0.25) is 5.91 Å². The second kappa shape index (κ2) is 7.80. The van der Waals surface area contributed by atoms with Crippen molar-refractivity contribution < 1.29 is 4.79 Å². The minimum atomic E-state index is 0.0617. The van der Waals surface area contributed by atoms with Gasteiger partial charge in [-0.3, -0.25) is 4.79 Å². The highest BCUT2D eigenvalue weighted by molar-refractivity contribution is 5.79. The summed E-state index contributed by atoms with van der Waals surface area (Å²) in [6.45, 7) is 3.47. The lowest BCUT2D eigenvalue weighted by atomic mass is 9.96. The highest BCUT2D eigenvalue weighted by atomic mass is 16.2. The zero-order valence-electron chi connectivity index (χ0n) is 15.0. The molecular weight excluding hydrogens is 330 g/mol. The van der Waals surface area contributed by atoms with Gasteiger partial charge in [-0.25, -0.2) is 19.6 Å². The third-order valence-corrected chi connectivity index (χ3v) is 5.30. The fourth-order valence-electron chi connectivity index (χ4n) is 3.90. The fraction of sp³-hybridized carbons (Fsp3) is 0.611. The molecule has 4 rings (SSSR count). The van der Waals surface area contributed by atoms with E-state index in [0.29, 0.717) is 11.7 Å². The van der Waals surface area contributed by atoms with E-state index in [1.54, 1.807) is 17.3 Å². The van der Waals surface area contributed by atoms with Crippen LogP contribution in [0.2, 0.25) is 0 Å². The molecule has 0 spiro atoms. The summed E-state index contributed by atoms with van der Waals surface area (Å²) in [6, 6.07) is 1.91. The van der Waals surface area contributed by atoms with Gasteiger partial charge in [-0.2, -0.15) is 5.10 Å². The topological polar surface area (TPSA) is 80.0 Å². The summed E-state index contributed by atoms with van der Waals surface area (Å²) in [7, 11) is 0. The van der Waals surface area contributed by atoms with E-state index in [2.05, 4.69) is 29.9 Å². The zero-order chi connectivity index (χ0) is 17.8. The smallest absolute Gasteiger partial charge is 0.227 e. The lowest BCUT2D eigenvalue weighted by Gasteiger charge is -2.35. The molecule has 2 aliphatic heterocycles. The van der Waals surface area contributed by atoms with Crippen molar-refractivity contribution >= 4 is 11.7 Å². The first kappa shape index (κ1) is 16.9. The van der Waals surface area contributed by atoms with E-state index in [4.69, 9.17) is 0 Å². The van der Waals surface area contributed by atoms with Gasteiger partial charge in [0.1, 0.15) is 24.8 Å². The maximum Gasteiger partial charge on any atom is 0.227 e. The van der Waals surface area contributed by atoms with Crippen LogP contribution < -0.4 is 4.90 Å². The highest BCUT2D eigenvalue weighted by Crippen LogP contribution is 2.24. The van der Waals surface area contributed by atoms with E-state index in [1.165, 1.54) is 19.2 Å². The van der Waals surface area contributed by atoms with Crippen molar-refractivity contribution in [1.82, 2.24) is 29.6 Å². The molecule has 2 saturated heterocycles. The number of aromatic nitrogens is 5. The molecule has 8 heteroatoms. The predicted octanol–water partition coefficient (Wildman–Crippen LogP) is 1.68. The molecule has 1 unspecified atom stereocenters. The predicted molar refractivity (Wildman–Crippen MR) is 96.9 cm³/mol. The summed E-state index contributed by atoms with van der Waals surface area (Å²) < 4.78 is 1.62. The maximum absolute atomic E-state index is 13.0. The Labute approximate surface area is 153 Å². The van der Waals surface area contributed by atoms with Crippen molar-refractivity contribution in [1.29, 1.82) is 0 Å². The number of likely N-dealkylation sites (tertiary alicyclic amines) is 1. The van der Waals surface area contributed by atoms with Crippen LogP contribution in [0.4, 0.5) is 5.82 Å². The number of piperidine rings is 1. The van der Waals surface area contributed by atoms with E-state index in [1.807, 2.05) is 6.07 Å². The van der Waals surface area contributed by atoms with Crippen LogP contribution >= 0.6 is 0 Å². The summed E-state index contributed by atoms with van der Waals surface area (Å²) >= 11 is 0. The highest BCUT2D eigenvalue weighted by Gasteiger charge is 2.30. The van der Waals surface area contributed by atoms with Crippen LogP contribution in [-0.2, 0) is 4.79 Å². The van der Waals surface area contributed by atoms with Gasteiger partial charge in [-0.15, -0.1) is 0 Å². The van der Waals surface area contributed by atoms with Crippen molar-refractivity contribution in [2.45, 2.75) is 38.5 Å². The summed E-state index contributed by atoms with van der Waals surface area (Å²) in [5, 5.41) is 4.12. The van der Waals surface area contributed by atoms with Gasteiger partial charge in [-0.05, 0) is 25.7 Å². The first-order valence-corrected chi connectivity index (χ1v) is 9.52. The minimum absolute atomic E-state index is 0.0617. The number of amides is 1. The quantitative estimate of drug-likeness (QED) is 0.833. The second-order valence-corrected chi connectivity index (χ2v) is 7.10. The molecule has 2 aromatic rings. The van der Waals surface area contributed by atoms with Crippen LogP contribution in [0.25, 0.3) is 5.82 Å². The molecule has 0 aromatic carbocycles. The SMILES string of the molecule is O=C(C1CCCN(c2cc(-n3cncn3)ncn2)C1)N1CCCCCC1. The Kier molecular flexibility index (Phi) is 5.08. The van der Waals surface area contributed by atoms with E-state index >= 15 is 0 Å². The number of carbonyl (C=O) groups is 1.